The van der Waals surface area contributed by atoms with Crippen molar-refractivity contribution >= 4 is 0 Å². The summed E-state index contributed by atoms with van der Waals surface area (Å²) < 4.78 is 10.4. The third kappa shape index (κ3) is 5.22. The molecule has 1 aliphatic rings. The number of rotatable bonds is 3. The molecule has 1 saturated heterocycles. The van der Waals surface area contributed by atoms with Gasteiger partial charge in [-0.3, -0.25) is 0 Å². The molecule has 0 radical (unpaired) electrons. The molecule has 1 rings (SSSR count). The third-order valence-corrected chi connectivity index (χ3v) is 1.37. The Bertz CT molecular complexity index is 77.6. The Hall–Kier alpha value is -0.0800. The lowest BCUT2D eigenvalue weighted by molar-refractivity contribution is -0.0817. The van der Waals surface area contributed by atoms with Crippen molar-refractivity contribution in [2.24, 2.45) is 5.92 Å². The summed E-state index contributed by atoms with van der Waals surface area (Å²) in [6.07, 6.45) is 0.366. The van der Waals surface area contributed by atoms with E-state index < -0.39 is 0 Å². The van der Waals surface area contributed by atoms with E-state index >= 15 is 0 Å². The third-order valence-electron chi connectivity index (χ3n) is 1.37. The van der Waals surface area contributed by atoms with Gasteiger partial charge in [0, 0.05) is 5.92 Å². The quantitative estimate of drug-likeness (QED) is 0.629. The highest BCUT2D eigenvalue weighted by atomic mass is 16.5. The van der Waals surface area contributed by atoms with E-state index in [2.05, 4.69) is 13.8 Å². The Labute approximate surface area is 69.9 Å². The summed E-state index contributed by atoms with van der Waals surface area (Å²) in [6, 6.07) is 0. The molecule has 0 spiro atoms. The number of hydrogen-bond donors (Lipinski definition) is 0. The Morgan fingerprint density at radius 3 is 2.18 bits per heavy atom. The molecule has 0 aromatic rings. The molecule has 0 N–H and O–H groups in total. The molecule has 2 nitrogen and oxygen atoms in total. The van der Waals surface area contributed by atoms with E-state index in [4.69, 9.17) is 9.47 Å². The summed E-state index contributed by atoms with van der Waals surface area (Å²) in [5, 5.41) is 0. The van der Waals surface area contributed by atoms with Crippen LogP contribution in [-0.2, 0) is 9.47 Å². The smallest absolute Gasteiger partial charge is 0.0541 e. The topological polar surface area (TPSA) is 18.5 Å². The van der Waals surface area contributed by atoms with Crippen molar-refractivity contribution in [3.05, 3.63) is 0 Å². The predicted molar refractivity (Wildman–Crippen MR) is 46.7 cm³/mol. The minimum absolute atomic E-state index is 0.366. The Kier molecular flexibility index (Phi) is 6.57. The van der Waals surface area contributed by atoms with E-state index in [9.17, 15) is 0 Å². The lowest BCUT2D eigenvalue weighted by Crippen LogP contribution is -2.32. The van der Waals surface area contributed by atoms with E-state index in [-0.39, 0.29) is 0 Å². The molecular formula is C9H20O2. The van der Waals surface area contributed by atoms with Gasteiger partial charge in [0.1, 0.15) is 0 Å². The van der Waals surface area contributed by atoms with Gasteiger partial charge in [0.15, 0.2) is 0 Å². The van der Waals surface area contributed by atoms with E-state index in [1.807, 2.05) is 13.8 Å². The van der Waals surface area contributed by atoms with Gasteiger partial charge in [-0.05, 0) is 13.8 Å². The van der Waals surface area contributed by atoms with Crippen molar-refractivity contribution in [1.82, 2.24) is 0 Å². The van der Waals surface area contributed by atoms with Gasteiger partial charge in [0.25, 0.3) is 0 Å². The van der Waals surface area contributed by atoms with Crippen molar-refractivity contribution in [2.75, 3.05) is 19.8 Å². The Balaban J connectivity index is 0.000000461. The van der Waals surface area contributed by atoms with Crippen LogP contribution in [0.3, 0.4) is 0 Å². The maximum atomic E-state index is 5.37. The van der Waals surface area contributed by atoms with Gasteiger partial charge >= 0.3 is 0 Å². The number of ether oxygens (including phenoxy) is 2. The molecule has 1 fully saturated rings. The lowest BCUT2D eigenvalue weighted by atomic mass is 10.1. The van der Waals surface area contributed by atoms with Crippen LogP contribution in [0.25, 0.3) is 0 Å². The highest BCUT2D eigenvalue weighted by Gasteiger charge is 2.18. The zero-order chi connectivity index (χ0) is 8.69. The minimum atomic E-state index is 0.366. The standard InChI is InChI=1S/C7H14O2.C2H6/c1-6(2)9-5-7-3-8-4-7;1-2/h6-7H,3-5H2,1-2H3;1-2H3. The molecule has 1 aliphatic heterocycles. The molecule has 0 aliphatic carbocycles. The fourth-order valence-corrected chi connectivity index (χ4v) is 0.709. The highest BCUT2D eigenvalue weighted by molar-refractivity contribution is 4.63. The summed E-state index contributed by atoms with van der Waals surface area (Å²) in [7, 11) is 0. The highest BCUT2D eigenvalue weighted by Crippen LogP contribution is 2.10. The maximum Gasteiger partial charge on any atom is 0.0541 e. The van der Waals surface area contributed by atoms with E-state index in [0.29, 0.717) is 12.0 Å². The first kappa shape index (κ1) is 10.9. The van der Waals surface area contributed by atoms with Crippen LogP contribution >= 0.6 is 0 Å². The molecule has 1 heterocycles. The van der Waals surface area contributed by atoms with E-state index in [0.717, 1.165) is 19.8 Å². The normalized spacial score (nSPS) is 17.2. The predicted octanol–water partition coefficient (Wildman–Crippen LogP) is 2.08. The summed E-state index contributed by atoms with van der Waals surface area (Å²) in [5.74, 6) is 0.674. The van der Waals surface area contributed by atoms with E-state index in [1.165, 1.54) is 0 Å². The summed E-state index contributed by atoms with van der Waals surface area (Å²) in [4.78, 5) is 0. The first-order valence-electron chi connectivity index (χ1n) is 4.48. The van der Waals surface area contributed by atoms with Crippen LogP contribution in [0.2, 0.25) is 0 Å². The van der Waals surface area contributed by atoms with Crippen LogP contribution in [0.4, 0.5) is 0 Å². The molecule has 0 bridgehead atoms. The molecule has 0 amide bonds. The van der Waals surface area contributed by atoms with Crippen LogP contribution in [-0.4, -0.2) is 25.9 Å². The van der Waals surface area contributed by atoms with Crippen LogP contribution < -0.4 is 0 Å². The first-order valence-corrected chi connectivity index (χ1v) is 4.48. The molecule has 2 heteroatoms. The molecule has 0 atom stereocenters. The number of hydrogen-bond acceptors (Lipinski definition) is 2. The minimum Gasteiger partial charge on any atom is -0.381 e. The molecule has 0 aromatic carbocycles. The van der Waals surface area contributed by atoms with Crippen LogP contribution in [0.15, 0.2) is 0 Å². The Morgan fingerprint density at radius 2 is 1.91 bits per heavy atom. The molecule has 0 unspecified atom stereocenters. The van der Waals surface area contributed by atoms with Crippen molar-refractivity contribution in [3.8, 4) is 0 Å². The van der Waals surface area contributed by atoms with Gasteiger partial charge in [-0.1, -0.05) is 13.8 Å². The van der Waals surface area contributed by atoms with Crippen molar-refractivity contribution in [2.45, 2.75) is 33.8 Å². The zero-order valence-corrected chi connectivity index (χ0v) is 8.09. The van der Waals surface area contributed by atoms with Gasteiger partial charge in [0.2, 0.25) is 0 Å². The fraction of sp³-hybridized carbons (Fsp3) is 1.00. The monoisotopic (exact) mass is 160 g/mol. The fourth-order valence-electron chi connectivity index (χ4n) is 0.709. The van der Waals surface area contributed by atoms with Gasteiger partial charge in [0.05, 0.1) is 25.9 Å². The van der Waals surface area contributed by atoms with Gasteiger partial charge in [-0.2, -0.15) is 0 Å². The van der Waals surface area contributed by atoms with E-state index in [1.54, 1.807) is 0 Å². The average Bonchev–Trinajstić information content (AvgIpc) is 1.88. The average molecular weight is 160 g/mol. The summed E-state index contributed by atoms with van der Waals surface area (Å²) >= 11 is 0. The molecule has 11 heavy (non-hydrogen) atoms. The lowest BCUT2D eigenvalue weighted by Gasteiger charge is -2.26. The van der Waals surface area contributed by atoms with Gasteiger partial charge < -0.3 is 9.47 Å². The summed E-state index contributed by atoms with van der Waals surface area (Å²) in [6.45, 7) is 10.8. The van der Waals surface area contributed by atoms with Crippen molar-refractivity contribution in [3.63, 3.8) is 0 Å². The van der Waals surface area contributed by atoms with Crippen LogP contribution in [0.1, 0.15) is 27.7 Å². The largest absolute Gasteiger partial charge is 0.381 e. The zero-order valence-electron chi connectivity index (χ0n) is 8.09. The molecule has 68 valence electrons. The van der Waals surface area contributed by atoms with Crippen molar-refractivity contribution < 1.29 is 9.47 Å². The molecule has 0 aromatic heterocycles. The van der Waals surface area contributed by atoms with Crippen molar-refractivity contribution in [1.29, 1.82) is 0 Å². The van der Waals surface area contributed by atoms with Gasteiger partial charge in [-0.25, -0.2) is 0 Å². The summed E-state index contributed by atoms with van der Waals surface area (Å²) in [5.41, 5.74) is 0. The molecule has 0 saturated carbocycles. The SMILES string of the molecule is CC.CC(C)OCC1COC1. The van der Waals surface area contributed by atoms with Gasteiger partial charge in [-0.15, -0.1) is 0 Å². The first-order chi connectivity index (χ1) is 5.29. The second-order valence-electron chi connectivity index (χ2n) is 2.79. The maximum absolute atomic E-state index is 5.37. The Morgan fingerprint density at radius 1 is 1.36 bits per heavy atom. The van der Waals surface area contributed by atoms with Crippen LogP contribution in [0.5, 0.6) is 0 Å². The molecular weight excluding hydrogens is 140 g/mol. The second kappa shape index (κ2) is 6.62. The van der Waals surface area contributed by atoms with Crippen LogP contribution in [0, 0.1) is 5.92 Å². The second-order valence-corrected chi connectivity index (χ2v) is 2.79.